The minimum absolute atomic E-state index is 0.0595. The summed E-state index contributed by atoms with van der Waals surface area (Å²) < 4.78 is 23.4. The van der Waals surface area contributed by atoms with Gasteiger partial charge < -0.3 is 9.88 Å². The number of fused-ring (bicyclic) bond motifs is 1. The first-order chi connectivity index (χ1) is 11.5. The molecular weight excluding hydrogens is 324 g/mol. The van der Waals surface area contributed by atoms with E-state index in [2.05, 4.69) is 11.1 Å². The number of H-pyrrole nitrogens is 1. The van der Waals surface area contributed by atoms with Crippen LogP contribution in [0.5, 0.6) is 0 Å². The number of rotatable bonds is 6. The summed E-state index contributed by atoms with van der Waals surface area (Å²) in [6.45, 7) is 2.65. The van der Waals surface area contributed by atoms with E-state index in [0.29, 0.717) is 25.8 Å². The summed E-state index contributed by atoms with van der Waals surface area (Å²) in [6, 6.07) is 7.91. The molecule has 0 spiro atoms. The summed E-state index contributed by atoms with van der Waals surface area (Å²) in [4.78, 5) is 17.7. The van der Waals surface area contributed by atoms with Crippen LogP contribution in [0.15, 0.2) is 30.5 Å². The van der Waals surface area contributed by atoms with Crippen LogP contribution in [-0.4, -0.2) is 48.3 Å². The van der Waals surface area contributed by atoms with Crippen molar-refractivity contribution in [2.75, 3.05) is 18.1 Å². The summed E-state index contributed by atoms with van der Waals surface area (Å²) in [5.74, 6) is 0.378. The monoisotopic (exact) mass is 348 g/mol. The molecule has 2 heterocycles. The zero-order valence-electron chi connectivity index (χ0n) is 14.0. The van der Waals surface area contributed by atoms with Crippen LogP contribution >= 0.6 is 0 Å². The van der Waals surface area contributed by atoms with Crippen molar-refractivity contribution in [3.63, 3.8) is 0 Å². The van der Waals surface area contributed by atoms with Crippen molar-refractivity contribution in [1.29, 1.82) is 0 Å². The molecule has 3 rings (SSSR count). The summed E-state index contributed by atoms with van der Waals surface area (Å²) in [6.07, 6.45) is 4.46. The minimum atomic E-state index is -2.98. The molecule has 1 N–H and O–H groups in total. The average molecular weight is 348 g/mol. The van der Waals surface area contributed by atoms with Crippen LogP contribution < -0.4 is 0 Å². The molecule has 6 heteroatoms. The lowest BCUT2D eigenvalue weighted by Crippen LogP contribution is -2.41. The van der Waals surface area contributed by atoms with Gasteiger partial charge in [0.05, 0.1) is 11.5 Å². The number of para-hydroxylation sites is 1. The number of hydrogen-bond acceptors (Lipinski definition) is 3. The third-order valence-electron chi connectivity index (χ3n) is 4.72. The molecule has 0 saturated carbocycles. The summed E-state index contributed by atoms with van der Waals surface area (Å²) in [7, 11) is -2.98. The third kappa shape index (κ3) is 3.64. The van der Waals surface area contributed by atoms with Crippen LogP contribution in [0.2, 0.25) is 0 Å². The Hall–Kier alpha value is -1.82. The molecule has 1 amide bonds. The van der Waals surface area contributed by atoms with Gasteiger partial charge in [0.25, 0.3) is 0 Å². The number of sulfone groups is 1. The predicted octanol–water partition coefficient (Wildman–Crippen LogP) is 2.53. The van der Waals surface area contributed by atoms with Crippen LogP contribution in [-0.2, 0) is 21.1 Å². The number of hydrogen-bond donors (Lipinski definition) is 1. The molecule has 0 aliphatic carbocycles. The van der Waals surface area contributed by atoms with Gasteiger partial charge in [-0.05, 0) is 30.9 Å². The first-order valence-corrected chi connectivity index (χ1v) is 10.4. The van der Waals surface area contributed by atoms with Crippen molar-refractivity contribution in [2.24, 2.45) is 0 Å². The second kappa shape index (κ2) is 6.97. The number of nitrogens with zero attached hydrogens (tertiary/aromatic N) is 1. The molecule has 2 aromatic rings. The van der Waals surface area contributed by atoms with Gasteiger partial charge in [-0.25, -0.2) is 8.42 Å². The molecule has 0 radical (unpaired) electrons. The summed E-state index contributed by atoms with van der Waals surface area (Å²) in [5.41, 5.74) is 2.21. The number of carbonyl (C=O) groups is 1. The van der Waals surface area contributed by atoms with Crippen LogP contribution in [0, 0.1) is 0 Å². The van der Waals surface area contributed by atoms with E-state index in [1.807, 2.05) is 31.3 Å². The maximum atomic E-state index is 12.7. The highest BCUT2D eigenvalue weighted by atomic mass is 32.2. The first kappa shape index (κ1) is 17.0. The second-order valence-corrected chi connectivity index (χ2v) is 8.73. The van der Waals surface area contributed by atoms with Crippen molar-refractivity contribution in [3.8, 4) is 0 Å². The van der Waals surface area contributed by atoms with Crippen molar-refractivity contribution in [2.45, 2.75) is 38.6 Å². The molecule has 1 atom stereocenters. The maximum absolute atomic E-state index is 12.7. The van der Waals surface area contributed by atoms with E-state index in [9.17, 15) is 13.2 Å². The number of aromatic amines is 1. The zero-order chi connectivity index (χ0) is 17.2. The van der Waals surface area contributed by atoms with Crippen LogP contribution in [0.3, 0.4) is 0 Å². The molecular formula is C18H24N2O3S. The molecule has 0 unspecified atom stereocenters. The molecule has 1 aromatic heterocycles. The van der Waals surface area contributed by atoms with E-state index >= 15 is 0 Å². The average Bonchev–Trinajstić information content (AvgIpc) is 3.13. The Labute approximate surface area is 143 Å². The zero-order valence-corrected chi connectivity index (χ0v) is 14.8. The topological polar surface area (TPSA) is 70.2 Å². The van der Waals surface area contributed by atoms with Gasteiger partial charge >= 0.3 is 0 Å². The Morgan fingerprint density at radius 2 is 2.12 bits per heavy atom. The molecule has 5 nitrogen and oxygen atoms in total. The molecule has 24 heavy (non-hydrogen) atoms. The van der Waals surface area contributed by atoms with Crippen molar-refractivity contribution in [3.05, 3.63) is 36.0 Å². The fourth-order valence-electron chi connectivity index (χ4n) is 3.50. The van der Waals surface area contributed by atoms with Gasteiger partial charge in [0, 0.05) is 36.1 Å². The molecule has 1 aliphatic heterocycles. The third-order valence-corrected chi connectivity index (χ3v) is 6.47. The van der Waals surface area contributed by atoms with Crippen LogP contribution in [0.4, 0.5) is 0 Å². The van der Waals surface area contributed by atoms with E-state index in [1.165, 1.54) is 0 Å². The molecule has 0 bridgehead atoms. The molecule has 1 saturated heterocycles. The molecule has 1 aliphatic rings. The standard InChI is InChI=1S/C18H24N2O3S/c1-2-10-20(15-9-11-24(22,23)13-15)18(21)8-7-14-12-19-17-6-4-3-5-16(14)17/h3-6,12,15,19H,2,7-11,13H2,1H3/t15-/m1/s1. The lowest BCUT2D eigenvalue weighted by molar-refractivity contribution is -0.133. The van der Waals surface area contributed by atoms with Gasteiger partial charge in [0.1, 0.15) is 0 Å². The smallest absolute Gasteiger partial charge is 0.223 e. The van der Waals surface area contributed by atoms with Gasteiger partial charge in [-0.15, -0.1) is 0 Å². The fourth-order valence-corrected chi connectivity index (χ4v) is 5.23. The van der Waals surface area contributed by atoms with Crippen molar-refractivity contribution < 1.29 is 13.2 Å². The molecule has 130 valence electrons. The van der Waals surface area contributed by atoms with Gasteiger partial charge in [0.2, 0.25) is 5.91 Å². The number of amides is 1. The molecule has 1 aromatic carbocycles. The Balaban J connectivity index is 1.67. The van der Waals surface area contributed by atoms with Gasteiger partial charge in [-0.3, -0.25) is 4.79 Å². The Bertz CT molecular complexity index is 826. The highest BCUT2D eigenvalue weighted by Gasteiger charge is 2.33. The Kier molecular flexibility index (Phi) is 4.94. The van der Waals surface area contributed by atoms with Gasteiger partial charge in [0.15, 0.2) is 9.84 Å². The Morgan fingerprint density at radius 3 is 2.83 bits per heavy atom. The van der Waals surface area contributed by atoms with E-state index in [1.54, 1.807) is 4.90 Å². The molecule has 1 fully saturated rings. The van der Waals surface area contributed by atoms with E-state index in [0.717, 1.165) is 22.9 Å². The largest absolute Gasteiger partial charge is 0.361 e. The SMILES string of the molecule is CCCN(C(=O)CCc1c[nH]c2ccccc12)[C@@H]1CCS(=O)(=O)C1. The van der Waals surface area contributed by atoms with E-state index in [4.69, 9.17) is 0 Å². The van der Waals surface area contributed by atoms with Gasteiger partial charge in [-0.2, -0.15) is 0 Å². The van der Waals surface area contributed by atoms with E-state index in [-0.39, 0.29) is 23.5 Å². The number of aryl methyl sites for hydroxylation is 1. The van der Waals surface area contributed by atoms with Crippen LogP contribution in [0.1, 0.15) is 31.7 Å². The highest BCUT2D eigenvalue weighted by molar-refractivity contribution is 7.91. The lowest BCUT2D eigenvalue weighted by Gasteiger charge is -2.28. The minimum Gasteiger partial charge on any atom is -0.361 e. The van der Waals surface area contributed by atoms with Gasteiger partial charge in [-0.1, -0.05) is 25.1 Å². The predicted molar refractivity (Wildman–Crippen MR) is 95.7 cm³/mol. The van der Waals surface area contributed by atoms with E-state index < -0.39 is 9.84 Å². The number of carbonyl (C=O) groups excluding carboxylic acids is 1. The number of aromatic nitrogens is 1. The summed E-state index contributed by atoms with van der Waals surface area (Å²) >= 11 is 0. The maximum Gasteiger partial charge on any atom is 0.223 e. The normalized spacial score (nSPS) is 19.6. The summed E-state index contributed by atoms with van der Waals surface area (Å²) in [5, 5.41) is 1.15. The van der Waals surface area contributed by atoms with Crippen molar-refractivity contribution in [1.82, 2.24) is 9.88 Å². The lowest BCUT2D eigenvalue weighted by atomic mass is 10.1. The fraction of sp³-hybridized carbons (Fsp3) is 0.500. The quantitative estimate of drug-likeness (QED) is 0.872. The number of nitrogens with one attached hydrogen (secondary N) is 1. The number of benzene rings is 1. The second-order valence-electron chi connectivity index (χ2n) is 6.50. The highest BCUT2D eigenvalue weighted by Crippen LogP contribution is 2.22. The van der Waals surface area contributed by atoms with Crippen LogP contribution in [0.25, 0.3) is 10.9 Å². The Morgan fingerprint density at radius 1 is 1.33 bits per heavy atom. The van der Waals surface area contributed by atoms with Crippen molar-refractivity contribution >= 4 is 26.6 Å². The first-order valence-electron chi connectivity index (χ1n) is 8.55.